The van der Waals surface area contributed by atoms with Crippen molar-refractivity contribution in [1.82, 2.24) is 4.90 Å². The summed E-state index contributed by atoms with van der Waals surface area (Å²) in [4.78, 5) is 2.43. The second-order valence-corrected chi connectivity index (χ2v) is 4.68. The van der Waals surface area contributed by atoms with Gasteiger partial charge < -0.3 is 9.84 Å². The van der Waals surface area contributed by atoms with Gasteiger partial charge in [0.15, 0.2) is 0 Å². The highest BCUT2D eigenvalue weighted by molar-refractivity contribution is 5.39. The molecule has 1 rings (SSSR count). The van der Waals surface area contributed by atoms with Crippen LogP contribution in [0.5, 0.6) is 5.75 Å². The van der Waals surface area contributed by atoms with Crippen molar-refractivity contribution in [1.29, 1.82) is 0 Å². The molecule has 0 unspecified atom stereocenters. The predicted octanol–water partition coefficient (Wildman–Crippen LogP) is 2.53. The van der Waals surface area contributed by atoms with Crippen LogP contribution < -0.4 is 4.74 Å². The minimum absolute atomic E-state index is 0.117. The van der Waals surface area contributed by atoms with E-state index in [0.717, 1.165) is 30.9 Å². The van der Waals surface area contributed by atoms with E-state index in [4.69, 9.17) is 9.84 Å². The van der Waals surface area contributed by atoms with Gasteiger partial charge in [-0.2, -0.15) is 0 Å². The third-order valence-electron chi connectivity index (χ3n) is 2.90. The molecule has 0 bridgehead atoms. The zero-order valence-electron chi connectivity index (χ0n) is 12.6. The fraction of sp³-hybridized carbons (Fsp3) is 0.529. The third-order valence-corrected chi connectivity index (χ3v) is 2.90. The molecule has 0 spiro atoms. The molecular weight excluding hydrogens is 250 g/mol. The number of aliphatic hydroxyl groups excluding tert-OH is 1. The van der Waals surface area contributed by atoms with Gasteiger partial charge >= 0.3 is 0 Å². The lowest BCUT2D eigenvalue weighted by atomic mass is 10.2. The number of aliphatic hydroxyl groups is 1. The van der Waals surface area contributed by atoms with E-state index >= 15 is 0 Å². The van der Waals surface area contributed by atoms with E-state index in [1.165, 1.54) is 12.8 Å². The summed E-state index contributed by atoms with van der Waals surface area (Å²) in [5.74, 6) is 6.36. The minimum atomic E-state index is -0.117. The van der Waals surface area contributed by atoms with E-state index in [0.29, 0.717) is 6.61 Å². The van der Waals surface area contributed by atoms with Crippen LogP contribution in [0.25, 0.3) is 0 Å². The van der Waals surface area contributed by atoms with E-state index in [1.54, 1.807) is 0 Å². The normalized spacial score (nSPS) is 10.2. The molecule has 0 saturated carbocycles. The van der Waals surface area contributed by atoms with Crippen molar-refractivity contribution < 1.29 is 9.84 Å². The summed E-state index contributed by atoms with van der Waals surface area (Å²) < 4.78 is 5.78. The molecule has 3 heteroatoms. The molecule has 0 atom stereocenters. The van der Waals surface area contributed by atoms with Gasteiger partial charge in [0.2, 0.25) is 0 Å². The Kier molecular flexibility index (Phi) is 8.53. The smallest absolute Gasteiger partial charge is 0.120 e. The van der Waals surface area contributed by atoms with Crippen molar-refractivity contribution >= 4 is 0 Å². The maximum Gasteiger partial charge on any atom is 0.120 e. The molecule has 0 heterocycles. The van der Waals surface area contributed by atoms with Crippen molar-refractivity contribution in [2.75, 3.05) is 32.8 Å². The summed E-state index contributed by atoms with van der Waals surface area (Å²) in [6.07, 6.45) is 2.35. The second kappa shape index (κ2) is 10.3. The van der Waals surface area contributed by atoms with Crippen LogP contribution in [-0.2, 0) is 0 Å². The molecule has 0 aromatic heterocycles. The van der Waals surface area contributed by atoms with Crippen LogP contribution in [-0.4, -0.2) is 42.9 Å². The van der Waals surface area contributed by atoms with Crippen LogP contribution in [0.4, 0.5) is 0 Å². The second-order valence-electron chi connectivity index (χ2n) is 4.68. The molecule has 0 aliphatic carbocycles. The average Bonchev–Trinajstić information content (AvgIpc) is 2.46. The van der Waals surface area contributed by atoms with Gasteiger partial charge in [-0.3, -0.25) is 4.90 Å². The van der Waals surface area contributed by atoms with E-state index < -0.39 is 0 Å². The lowest BCUT2D eigenvalue weighted by Gasteiger charge is -2.20. The van der Waals surface area contributed by atoms with Crippen molar-refractivity contribution in [3.05, 3.63) is 29.8 Å². The summed E-state index contributed by atoms with van der Waals surface area (Å²) in [5.41, 5.74) is 0.871. The first-order valence-corrected chi connectivity index (χ1v) is 7.35. The van der Waals surface area contributed by atoms with Gasteiger partial charge in [0.1, 0.15) is 19.0 Å². The molecule has 3 nitrogen and oxygen atoms in total. The number of hydrogen-bond donors (Lipinski definition) is 1. The quantitative estimate of drug-likeness (QED) is 0.740. The topological polar surface area (TPSA) is 32.7 Å². The van der Waals surface area contributed by atoms with Crippen molar-refractivity contribution in [2.24, 2.45) is 0 Å². The first kappa shape index (κ1) is 16.6. The Hall–Kier alpha value is -1.50. The number of benzene rings is 1. The van der Waals surface area contributed by atoms with Crippen LogP contribution in [0.15, 0.2) is 24.3 Å². The van der Waals surface area contributed by atoms with E-state index in [9.17, 15) is 0 Å². The molecule has 1 N–H and O–H groups in total. The van der Waals surface area contributed by atoms with E-state index in [2.05, 4.69) is 30.6 Å². The Bertz CT molecular complexity index is 428. The van der Waals surface area contributed by atoms with Crippen molar-refractivity contribution in [2.45, 2.75) is 26.7 Å². The molecule has 20 heavy (non-hydrogen) atoms. The summed E-state index contributed by atoms with van der Waals surface area (Å²) in [7, 11) is 0. The molecular formula is C17H25NO2. The number of nitrogens with zero attached hydrogens (tertiary/aromatic N) is 1. The Balaban J connectivity index is 2.44. The van der Waals surface area contributed by atoms with E-state index in [-0.39, 0.29) is 6.61 Å². The van der Waals surface area contributed by atoms with Crippen molar-refractivity contribution in [3.8, 4) is 17.6 Å². The SMILES string of the molecule is CCCN(CCC)CCOc1cccc(C#CCO)c1. The maximum atomic E-state index is 8.69. The van der Waals surface area contributed by atoms with Gasteiger partial charge in [-0.15, -0.1) is 0 Å². The highest BCUT2D eigenvalue weighted by Crippen LogP contribution is 2.12. The number of rotatable bonds is 8. The van der Waals surface area contributed by atoms with Gasteiger partial charge in [0.05, 0.1) is 0 Å². The van der Waals surface area contributed by atoms with Gasteiger partial charge in [0, 0.05) is 12.1 Å². The van der Waals surface area contributed by atoms with Gasteiger partial charge in [-0.25, -0.2) is 0 Å². The summed E-state index contributed by atoms with van der Waals surface area (Å²) in [5, 5.41) is 8.69. The Morgan fingerprint density at radius 1 is 1.15 bits per heavy atom. The van der Waals surface area contributed by atoms with Crippen LogP contribution in [0, 0.1) is 11.8 Å². The fourth-order valence-corrected chi connectivity index (χ4v) is 2.07. The van der Waals surface area contributed by atoms with Crippen LogP contribution in [0.2, 0.25) is 0 Å². The van der Waals surface area contributed by atoms with Gasteiger partial charge in [-0.1, -0.05) is 31.8 Å². The predicted molar refractivity (Wildman–Crippen MR) is 82.9 cm³/mol. The van der Waals surface area contributed by atoms with Crippen LogP contribution in [0.1, 0.15) is 32.3 Å². The lowest BCUT2D eigenvalue weighted by molar-refractivity contribution is 0.209. The molecule has 0 aliphatic heterocycles. The largest absolute Gasteiger partial charge is 0.492 e. The molecule has 1 aromatic rings. The Morgan fingerprint density at radius 3 is 2.55 bits per heavy atom. The highest BCUT2D eigenvalue weighted by Gasteiger charge is 2.02. The van der Waals surface area contributed by atoms with Gasteiger partial charge in [-0.05, 0) is 44.1 Å². The highest BCUT2D eigenvalue weighted by atomic mass is 16.5. The number of hydrogen-bond acceptors (Lipinski definition) is 3. The third kappa shape index (κ3) is 6.60. The minimum Gasteiger partial charge on any atom is -0.492 e. The zero-order chi connectivity index (χ0) is 14.6. The fourth-order valence-electron chi connectivity index (χ4n) is 2.07. The Morgan fingerprint density at radius 2 is 1.90 bits per heavy atom. The molecule has 0 radical (unpaired) electrons. The average molecular weight is 275 g/mol. The molecule has 0 fully saturated rings. The molecule has 0 amide bonds. The molecule has 0 saturated heterocycles. The Labute approximate surface area is 122 Å². The van der Waals surface area contributed by atoms with Crippen LogP contribution in [0.3, 0.4) is 0 Å². The summed E-state index contributed by atoms with van der Waals surface area (Å²) >= 11 is 0. The number of ether oxygens (including phenoxy) is 1. The first-order chi connectivity index (χ1) is 9.80. The van der Waals surface area contributed by atoms with E-state index in [1.807, 2.05) is 24.3 Å². The van der Waals surface area contributed by atoms with Crippen LogP contribution >= 0.6 is 0 Å². The standard InChI is InChI=1S/C17H25NO2/c1-3-10-18(11-4-2)12-14-20-17-9-5-7-16(15-17)8-6-13-19/h5,7,9,15,19H,3-4,10-14H2,1-2H3. The molecule has 110 valence electrons. The maximum absolute atomic E-state index is 8.69. The molecule has 1 aromatic carbocycles. The lowest BCUT2D eigenvalue weighted by Crippen LogP contribution is -2.30. The summed E-state index contributed by atoms with van der Waals surface area (Å²) in [6, 6.07) is 7.68. The first-order valence-electron chi connectivity index (χ1n) is 7.35. The summed E-state index contributed by atoms with van der Waals surface area (Å²) in [6.45, 7) is 8.18. The zero-order valence-corrected chi connectivity index (χ0v) is 12.6. The van der Waals surface area contributed by atoms with Gasteiger partial charge in [0.25, 0.3) is 0 Å². The van der Waals surface area contributed by atoms with Crippen molar-refractivity contribution in [3.63, 3.8) is 0 Å². The molecule has 0 aliphatic rings. The monoisotopic (exact) mass is 275 g/mol.